The Bertz CT molecular complexity index is 4910. The summed E-state index contributed by atoms with van der Waals surface area (Å²) >= 11 is 0. The van der Waals surface area contributed by atoms with E-state index in [-0.39, 0.29) is 61.0 Å². The van der Waals surface area contributed by atoms with Gasteiger partial charge in [-0.3, -0.25) is 0 Å². The van der Waals surface area contributed by atoms with E-state index >= 15 is 0 Å². The fourth-order valence-corrected chi connectivity index (χ4v) is 14.3. The van der Waals surface area contributed by atoms with Gasteiger partial charge in [0.05, 0.1) is 0 Å². The van der Waals surface area contributed by atoms with Gasteiger partial charge in [0.25, 0.3) is 0 Å². The van der Waals surface area contributed by atoms with E-state index < -0.39 is 105 Å². The van der Waals surface area contributed by atoms with Crippen molar-refractivity contribution in [2.75, 3.05) is 0 Å². The molecule has 0 saturated heterocycles. The van der Waals surface area contributed by atoms with Crippen LogP contribution in [0.1, 0.15) is 478 Å². The van der Waals surface area contributed by atoms with Crippen LogP contribution in [0.25, 0.3) is 0 Å². The molecule has 0 aliphatic heterocycles. The number of rotatable bonds is 11. The van der Waals surface area contributed by atoms with E-state index in [9.17, 15) is 0 Å². The Kier molecular flexibility index (Phi) is 26.7. The summed E-state index contributed by atoms with van der Waals surface area (Å²) in [5.41, 5.74) is 17.1. The van der Waals surface area contributed by atoms with Crippen molar-refractivity contribution in [1.29, 1.82) is 0 Å². The van der Waals surface area contributed by atoms with Gasteiger partial charge in [0.15, 0.2) is 0 Å². The average molecular weight is 1550 g/mol. The van der Waals surface area contributed by atoms with Crippen LogP contribution < -0.4 is 0 Å². The summed E-state index contributed by atoms with van der Waals surface area (Å²) in [6, 6.07) is 53.7. The maximum atomic E-state index is 8.83. The largest absolute Gasteiger partial charge is 0.0648 e. The standard InChI is InChI=1S/C19H32.C17H28.C16H26.2C13H20.C12H18.2C11H16/c1-13(2)12-16-10-9-11-17(15(5)14(3)4)18(16)19(6,7)8;1-8-13(4)15-11-9-10-14(12(2)3)16(15)17(5,6)7;1-11(2)13-9-8-10-14(12(3)4)15(13)16(5,6)7;2*1-10(2)11-8-6-7-9-12(11)13(3,4)5;1-9-7-6-8-10(2)11(9)12(3,4)5;2*1-9-7-5-6-8-10(9)11(2,3)4/h9-11,13-15H,12H2,1-8H3;9-13H,8H2,1-7H3;8-12H,1-7H3;2*6-10H,1-5H3;6-8H,1-5H3;2*5-8H,1-4H3/i12D2,15D;2D3,3D3,4D3,8D2,12D,13D;11D,12D;1D3,2D3,10D;10D;;;. The molecule has 0 amide bonds. The van der Waals surface area contributed by atoms with Gasteiger partial charge in [-0.15, -0.1) is 0 Å². The molecule has 2 unspecified atom stereocenters. The Morgan fingerprint density at radius 3 is 0.812 bits per heavy atom. The molecule has 0 aliphatic rings. The number of benzene rings is 8. The fraction of sp³-hybridized carbons (Fsp3) is 0.571. The van der Waals surface area contributed by atoms with E-state index in [0.717, 1.165) is 51.9 Å². The number of aryl methyl sites for hydroxylation is 4. The van der Waals surface area contributed by atoms with E-state index in [2.05, 4.69) is 251 Å². The van der Waals surface area contributed by atoms with Crippen molar-refractivity contribution in [2.45, 2.75) is 409 Å². The molecular formula is C112H176. The maximum Gasteiger partial charge on any atom is 0.0352 e. The third-order valence-electron chi connectivity index (χ3n) is 19.5. The van der Waals surface area contributed by atoms with Gasteiger partial charge >= 0.3 is 0 Å². The second-order valence-electron chi connectivity index (χ2n) is 39.7. The van der Waals surface area contributed by atoms with E-state index in [0.29, 0.717) is 5.56 Å². The summed E-state index contributed by atoms with van der Waals surface area (Å²) in [5, 5.41) is 0. The number of hydrogen-bond donors (Lipinski definition) is 0. The van der Waals surface area contributed by atoms with Crippen molar-refractivity contribution in [3.8, 4) is 0 Å². The molecule has 0 N–H and O–H groups in total. The van der Waals surface area contributed by atoms with Crippen molar-refractivity contribution in [1.82, 2.24) is 0 Å². The Morgan fingerprint density at radius 1 is 0.268 bits per heavy atom. The quantitative estimate of drug-likeness (QED) is 0.121. The van der Waals surface area contributed by atoms with E-state index in [1.165, 1.54) is 62.7 Å². The Hall–Kier alpha value is -6.24. The summed E-state index contributed by atoms with van der Waals surface area (Å²) in [6.45, 7) is 65.4. The predicted octanol–water partition coefficient (Wildman–Crippen LogP) is 35.2. The van der Waals surface area contributed by atoms with Gasteiger partial charge in [-0.1, -0.05) is 453 Å². The molecule has 0 fully saturated rings. The Labute approximate surface area is 734 Å². The Morgan fingerprint density at radius 2 is 0.536 bits per heavy atom. The molecular weight excluding hydrogens is 1350 g/mol. The lowest BCUT2D eigenvalue weighted by molar-refractivity contribution is 0.503. The molecule has 0 aliphatic carbocycles. The van der Waals surface area contributed by atoms with Crippen LogP contribution >= 0.6 is 0 Å². The fourth-order valence-electron chi connectivity index (χ4n) is 14.3. The lowest BCUT2D eigenvalue weighted by Gasteiger charge is -2.31. The summed E-state index contributed by atoms with van der Waals surface area (Å²) in [5.74, 6) is -11.1. The highest BCUT2D eigenvalue weighted by Crippen LogP contribution is 2.41. The van der Waals surface area contributed by atoms with Crippen LogP contribution in [0, 0.1) is 39.5 Å². The topological polar surface area (TPSA) is 0 Å². The molecule has 112 heavy (non-hydrogen) atoms. The first-order chi connectivity index (χ1) is 60.8. The summed E-state index contributed by atoms with van der Waals surface area (Å²) in [6.07, 6.45) is -4.01. The minimum absolute atomic E-state index is 0.0486. The predicted molar refractivity (Wildman–Crippen MR) is 511 cm³/mol. The summed E-state index contributed by atoms with van der Waals surface area (Å²) in [4.78, 5) is 0. The van der Waals surface area contributed by atoms with E-state index in [4.69, 9.17) is 35.6 Å². The van der Waals surface area contributed by atoms with Crippen LogP contribution in [0.3, 0.4) is 0 Å². The molecule has 0 spiro atoms. The summed E-state index contributed by atoms with van der Waals surface area (Å²) in [7, 11) is 0. The van der Waals surface area contributed by atoms with E-state index in [1.807, 2.05) is 126 Å². The smallest absolute Gasteiger partial charge is 0.0352 e. The van der Waals surface area contributed by atoms with Crippen molar-refractivity contribution >= 4 is 0 Å². The van der Waals surface area contributed by atoms with E-state index in [1.54, 1.807) is 39.0 Å². The average Bonchev–Trinajstić information content (AvgIpc) is 0.704. The molecule has 0 radical (unpaired) electrons. The SMILES string of the molecule is Cc1cccc(C)c1C(C)(C)C.Cc1ccccc1C(C)(C)C.Cc1ccccc1C(C)(C)C.[2H]C(C)(C)c1cccc(C([2H])(C)C)c1C(C)(C)C.[2H]C(C)(C)c1ccccc1C(C)(C)C.[2H]C([2H])([2H])C([2H])(c1cccc(C([2H])(C([2H])([2H])[2H])C([2H])([2H])C)c1C(C)(C)C)C([2H])([2H])[2H].[2H]C([2H])([2H])C([2H])(c1ccccc1C(C)(C)C)C([2H])([2H])[2H].[2H]C([2H])(c1cccc(C([2H])(C)C(C)C)c1C(C)(C)C)C(C)C. The zero-order valence-corrected chi connectivity index (χ0v) is 78.3. The van der Waals surface area contributed by atoms with Crippen LogP contribution in [0.5, 0.6) is 0 Å². The van der Waals surface area contributed by atoms with Crippen LogP contribution in [0.15, 0.2) is 170 Å². The molecule has 0 saturated carbocycles. The van der Waals surface area contributed by atoms with Crippen LogP contribution in [-0.2, 0) is 49.7 Å². The molecule has 8 aromatic rings. The van der Waals surface area contributed by atoms with Crippen molar-refractivity contribution in [2.24, 2.45) is 11.8 Å². The van der Waals surface area contributed by atoms with Gasteiger partial charge in [-0.2, -0.15) is 0 Å². The lowest BCUT2D eigenvalue weighted by Crippen LogP contribution is -2.20. The first-order valence-corrected chi connectivity index (χ1v) is 40.7. The highest BCUT2D eigenvalue weighted by Gasteiger charge is 2.29. The second kappa shape index (κ2) is 44.7. The normalized spacial score (nSPS) is 18.0. The maximum absolute atomic E-state index is 8.83. The van der Waals surface area contributed by atoms with Gasteiger partial charge in [-0.05, 0) is 248 Å². The number of hydrogen-bond acceptors (Lipinski definition) is 0. The molecule has 8 rings (SSSR count). The van der Waals surface area contributed by atoms with Gasteiger partial charge in [-0.25, -0.2) is 0 Å². The molecule has 0 heteroatoms. The molecule has 8 aromatic carbocycles. The molecule has 0 nitrogen and oxygen atoms in total. The zero-order chi connectivity index (χ0) is 110. The molecule has 0 heterocycles. The van der Waals surface area contributed by atoms with Gasteiger partial charge in [0, 0.05) is 35.6 Å². The zero-order valence-electron chi connectivity index (χ0n) is 104. The highest BCUT2D eigenvalue weighted by atomic mass is 14.3. The first kappa shape index (κ1) is 66.9. The minimum Gasteiger partial charge on any atom is -0.0648 e. The van der Waals surface area contributed by atoms with Gasteiger partial charge < -0.3 is 0 Å². The lowest BCUT2D eigenvalue weighted by atomic mass is 9.74. The molecule has 0 bridgehead atoms. The van der Waals surface area contributed by atoms with Crippen molar-refractivity contribution in [3.63, 3.8) is 0 Å². The van der Waals surface area contributed by atoms with Gasteiger partial charge in [0.1, 0.15) is 0 Å². The van der Waals surface area contributed by atoms with Crippen molar-refractivity contribution in [3.05, 3.63) is 281 Å². The minimum atomic E-state index is -3.31. The second-order valence-corrected chi connectivity index (χ2v) is 39.7. The van der Waals surface area contributed by atoms with Crippen LogP contribution in [0.2, 0.25) is 0 Å². The monoisotopic (exact) mass is 1550 g/mol. The summed E-state index contributed by atoms with van der Waals surface area (Å²) < 4.78 is 208. The highest BCUT2D eigenvalue weighted by molar-refractivity contribution is 5.47. The third kappa shape index (κ3) is 33.9. The molecule has 624 valence electrons. The van der Waals surface area contributed by atoms with Crippen LogP contribution in [0.4, 0.5) is 0 Å². The third-order valence-corrected chi connectivity index (χ3v) is 19.5. The Balaban J connectivity index is 0.000000806. The van der Waals surface area contributed by atoms with Crippen LogP contribution in [-0.4, -0.2) is 0 Å². The first-order valence-electron chi connectivity index (χ1n) is 53.7. The molecule has 2 atom stereocenters. The van der Waals surface area contributed by atoms with Gasteiger partial charge in [0.2, 0.25) is 0 Å². The van der Waals surface area contributed by atoms with Crippen molar-refractivity contribution < 1.29 is 35.6 Å². The molecule has 0 aromatic heterocycles.